The highest BCUT2D eigenvalue weighted by atomic mass is 16.3. The summed E-state index contributed by atoms with van der Waals surface area (Å²) in [4.78, 5) is 0. The normalized spacial score (nSPS) is 12.8. The lowest BCUT2D eigenvalue weighted by atomic mass is 9.84. The Labute approximate surface area is 289 Å². The van der Waals surface area contributed by atoms with Gasteiger partial charge in [0, 0.05) is 10.8 Å². The molecule has 0 amide bonds. The Balaban J connectivity index is 1.26. The Morgan fingerprint density at radius 3 is 1.67 bits per heavy atom. The van der Waals surface area contributed by atoms with E-state index in [2.05, 4.69) is 42.5 Å². The van der Waals surface area contributed by atoms with Crippen LogP contribution < -0.4 is 0 Å². The van der Waals surface area contributed by atoms with Gasteiger partial charge in [-0.1, -0.05) is 158 Å². The van der Waals surface area contributed by atoms with Crippen LogP contribution in [0.3, 0.4) is 0 Å². The maximum absolute atomic E-state index is 9.46. The molecule has 0 spiro atoms. The maximum Gasteiger partial charge on any atom is 0.136 e. The van der Waals surface area contributed by atoms with E-state index in [1.807, 2.05) is 115 Å². The number of benzene rings is 9. The number of fused-ring (bicyclic) bond motifs is 6. The zero-order valence-electron chi connectivity index (χ0n) is 30.4. The van der Waals surface area contributed by atoms with E-state index >= 15 is 0 Å². The van der Waals surface area contributed by atoms with Crippen molar-refractivity contribution >= 4 is 54.3 Å². The van der Waals surface area contributed by atoms with Crippen molar-refractivity contribution in [2.45, 2.75) is 0 Å². The van der Waals surface area contributed by atoms with Crippen molar-refractivity contribution in [3.8, 4) is 44.5 Å². The summed E-state index contributed by atoms with van der Waals surface area (Å²) >= 11 is 0. The van der Waals surface area contributed by atoms with Crippen LogP contribution in [0.4, 0.5) is 0 Å². The third kappa shape index (κ3) is 4.47. The van der Waals surface area contributed by atoms with Crippen LogP contribution in [-0.4, -0.2) is 0 Å². The van der Waals surface area contributed by atoms with Crippen LogP contribution in [0.1, 0.15) is 5.48 Å². The molecule has 0 bridgehead atoms. The molecule has 0 unspecified atom stereocenters. The summed E-state index contributed by atoms with van der Waals surface area (Å²) in [5, 5.41) is 7.71. The van der Waals surface area contributed by atoms with Gasteiger partial charge in [0.25, 0.3) is 0 Å². The van der Waals surface area contributed by atoms with Crippen molar-refractivity contribution < 1.29 is 9.90 Å². The van der Waals surface area contributed by atoms with Crippen LogP contribution in [0.15, 0.2) is 186 Å². The minimum atomic E-state index is -0.0615. The van der Waals surface area contributed by atoms with Crippen LogP contribution >= 0.6 is 0 Å². The summed E-state index contributed by atoms with van der Waals surface area (Å²) in [6.45, 7) is 0. The Morgan fingerprint density at radius 2 is 0.939 bits per heavy atom. The minimum Gasteiger partial charge on any atom is -0.456 e. The number of rotatable bonds is 4. The summed E-state index contributed by atoms with van der Waals surface area (Å²) in [5.41, 5.74) is 7.85. The van der Waals surface area contributed by atoms with Gasteiger partial charge in [0.05, 0.1) is 5.48 Å². The fourth-order valence-corrected chi connectivity index (χ4v) is 7.46. The Bertz CT molecular complexity index is 3020. The predicted octanol–water partition coefficient (Wildman–Crippen LogP) is 13.7. The van der Waals surface area contributed by atoms with Crippen molar-refractivity contribution in [3.63, 3.8) is 0 Å². The van der Waals surface area contributed by atoms with Gasteiger partial charge in [-0.3, -0.25) is 0 Å². The average Bonchev–Trinajstić information content (AvgIpc) is 3.59. The van der Waals surface area contributed by atoms with E-state index in [4.69, 9.17) is 4.42 Å². The second-order valence-electron chi connectivity index (χ2n) is 12.5. The molecule has 0 aliphatic rings. The van der Waals surface area contributed by atoms with Gasteiger partial charge < -0.3 is 4.42 Å². The van der Waals surface area contributed by atoms with E-state index in [0.29, 0.717) is 22.3 Å². The fourth-order valence-electron chi connectivity index (χ4n) is 7.46. The van der Waals surface area contributed by atoms with Crippen molar-refractivity contribution in [2.75, 3.05) is 0 Å². The summed E-state index contributed by atoms with van der Waals surface area (Å²) in [6.07, 6.45) is 0. The Hall–Kier alpha value is -6.44. The largest absolute Gasteiger partial charge is 0.456 e. The molecule has 0 fully saturated rings. The van der Waals surface area contributed by atoms with Gasteiger partial charge in [0.1, 0.15) is 11.2 Å². The van der Waals surface area contributed by atoms with E-state index < -0.39 is 0 Å². The average molecular weight is 627 g/mol. The first-order valence-electron chi connectivity index (χ1n) is 18.5. The molecule has 0 aliphatic carbocycles. The molecule has 228 valence electrons. The van der Waals surface area contributed by atoms with E-state index in [-0.39, 0.29) is 24.2 Å². The zero-order valence-corrected chi connectivity index (χ0v) is 26.4. The van der Waals surface area contributed by atoms with E-state index in [1.54, 1.807) is 0 Å². The molecule has 1 aromatic heterocycles. The highest BCUT2D eigenvalue weighted by Crippen LogP contribution is 2.47. The first-order chi connectivity index (χ1) is 26.0. The fraction of sp³-hybridized carbons (Fsp3) is 0. The quantitative estimate of drug-likeness (QED) is 0.177. The van der Waals surface area contributed by atoms with Crippen LogP contribution in [-0.2, 0) is 0 Å². The molecule has 0 aliphatic heterocycles. The molecule has 0 atom stereocenters. The third-order valence-corrected chi connectivity index (χ3v) is 9.72. The summed E-state index contributed by atoms with van der Waals surface area (Å²) < 4.78 is 44.0. The first kappa shape index (κ1) is 23.8. The molecule has 0 N–H and O–H groups in total. The summed E-state index contributed by atoms with van der Waals surface area (Å²) in [6, 6.07) is 52.7. The predicted molar refractivity (Wildman–Crippen MR) is 208 cm³/mol. The highest BCUT2D eigenvalue weighted by Gasteiger charge is 2.20. The van der Waals surface area contributed by atoms with Crippen LogP contribution in [0.25, 0.3) is 98.8 Å². The second-order valence-corrected chi connectivity index (χ2v) is 12.5. The van der Waals surface area contributed by atoms with E-state index in [9.17, 15) is 5.48 Å². The lowest BCUT2D eigenvalue weighted by molar-refractivity contribution is 0.669. The van der Waals surface area contributed by atoms with Gasteiger partial charge in [-0.15, -0.1) is 0 Å². The zero-order chi connectivity index (χ0) is 35.8. The van der Waals surface area contributed by atoms with E-state index in [1.165, 1.54) is 0 Å². The highest BCUT2D eigenvalue weighted by molar-refractivity contribution is 6.25. The molecular formula is C48H30O. The lowest BCUT2D eigenvalue weighted by Crippen LogP contribution is -1.91. The Kier molecular flexibility index (Phi) is 5.38. The lowest BCUT2D eigenvalue weighted by Gasteiger charge is -2.18. The molecule has 49 heavy (non-hydrogen) atoms. The molecule has 10 aromatic rings. The van der Waals surface area contributed by atoms with Crippen LogP contribution in [0.5, 0.6) is 0 Å². The third-order valence-electron chi connectivity index (χ3n) is 9.72. The maximum atomic E-state index is 9.46. The first-order valence-corrected chi connectivity index (χ1v) is 16.5. The molecule has 0 radical (unpaired) electrons. The minimum absolute atomic E-state index is 0.0580. The van der Waals surface area contributed by atoms with Crippen molar-refractivity contribution in [1.29, 1.82) is 0 Å². The molecule has 0 saturated heterocycles. The Morgan fingerprint density at radius 1 is 0.347 bits per heavy atom. The molecule has 1 heterocycles. The monoisotopic (exact) mass is 626 g/mol. The molecule has 0 saturated carbocycles. The van der Waals surface area contributed by atoms with Gasteiger partial charge >= 0.3 is 0 Å². The topological polar surface area (TPSA) is 13.1 Å². The van der Waals surface area contributed by atoms with E-state index in [0.717, 1.165) is 76.5 Å². The van der Waals surface area contributed by atoms with Crippen molar-refractivity contribution in [1.82, 2.24) is 0 Å². The van der Waals surface area contributed by atoms with Crippen molar-refractivity contribution in [3.05, 3.63) is 182 Å². The van der Waals surface area contributed by atoms with Gasteiger partial charge in [-0.05, 0) is 101 Å². The number of hydrogen-bond acceptors (Lipinski definition) is 1. The summed E-state index contributed by atoms with van der Waals surface area (Å²) in [5.74, 6) is 0. The number of furan rings is 1. The van der Waals surface area contributed by atoms with Crippen molar-refractivity contribution in [2.24, 2.45) is 0 Å². The van der Waals surface area contributed by atoms with Gasteiger partial charge in [0.15, 0.2) is 0 Å². The molecule has 9 aromatic carbocycles. The molecular weight excluding hydrogens is 593 g/mol. The van der Waals surface area contributed by atoms with Gasteiger partial charge in [-0.25, -0.2) is 0 Å². The SMILES string of the molecule is [2H]c1c([2H])c(-c2c3ccccc3c(-c3cccc4oc5ccc(-c6ccccc6)cc5c34)c3ccccc23)c([2H])c([2H])c1-c1ccc2ccccc2c1. The van der Waals surface area contributed by atoms with Crippen LogP contribution in [0, 0.1) is 0 Å². The van der Waals surface area contributed by atoms with Crippen LogP contribution in [0.2, 0.25) is 0 Å². The number of hydrogen-bond donors (Lipinski definition) is 0. The molecule has 10 rings (SSSR count). The standard InChI is InChI=1S/C48H30O/c1-2-11-31(12-3-1)37-27-28-44-43(30-37)48-42(19-10-20-45(48)49-44)47-40-17-8-6-15-38(40)46(39-16-7-9-18-41(39)47)34-24-21-33(22-25-34)36-26-23-32-13-4-5-14-35(32)29-36/h1-30H/i21D,22D,24D,25D. The molecule has 1 heteroatoms. The summed E-state index contributed by atoms with van der Waals surface area (Å²) in [7, 11) is 0. The smallest absolute Gasteiger partial charge is 0.136 e. The van der Waals surface area contributed by atoms with Gasteiger partial charge in [0.2, 0.25) is 0 Å². The second kappa shape index (κ2) is 11.1. The molecule has 1 nitrogen and oxygen atoms in total. The van der Waals surface area contributed by atoms with Gasteiger partial charge in [-0.2, -0.15) is 0 Å².